The lowest BCUT2D eigenvalue weighted by Gasteiger charge is -2.20. The van der Waals surface area contributed by atoms with Gasteiger partial charge in [0, 0.05) is 6.54 Å². The van der Waals surface area contributed by atoms with Crippen LogP contribution in [-0.4, -0.2) is 9.78 Å². The molecule has 0 saturated heterocycles. The summed E-state index contributed by atoms with van der Waals surface area (Å²) in [5.41, 5.74) is 7.37. The first-order chi connectivity index (χ1) is 7.11. The van der Waals surface area contributed by atoms with Gasteiger partial charge in [0.1, 0.15) is 0 Å². The van der Waals surface area contributed by atoms with Gasteiger partial charge in [0.2, 0.25) is 0 Å². The summed E-state index contributed by atoms with van der Waals surface area (Å²) in [6.45, 7) is 7.43. The predicted octanol–water partition coefficient (Wildman–Crippen LogP) is 3.10. The number of hydrogen-bond donors (Lipinski definition) is 1. The van der Waals surface area contributed by atoms with Crippen molar-refractivity contribution in [3.8, 4) is 0 Å². The van der Waals surface area contributed by atoms with E-state index in [9.17, 15) is 0 Å². The van der Waals surface area contributed by atoms with Crippen LogP contribution in [0.4, 0.5) is 0 Å². The van der Waals surface area contributed by atoms with Gasteiger partial charge in [-0.15, -0.1) is 0 Å². The van der Waals surface area contributed by atoms with Crippen LogP contribution in [0.2, 0.25) is 0 Å². The van der Waals surface area contributed by atoms with E-state index in [1.165, 1.54) is 0 Å². The van der Waals surface area contributed by atoms with Crippen LogP contribution < -0.4 is 5.73 Å². The molecule has 0 bridgehead atoms. The first-order valence-corrected chi connectivity index (χ1v) is 6.37. The van der Waals surface area contributed by atoms with E-state index in [1.54, 1.807) is 0 Å². The summed E-state index contributed by atoms with van der Waals surface area (Å²) in [7, 11) is 0. The molecule has 0 aliphatic rings. The highest BCUT2D eigenvalue weighted by Crippen LogP contribution is 2.28. The molecule has 4 heteroatoms. The third-order valence-corrected chi connectivity index (χ3v) is 3.45. The predicted molar refractivity (Wildman–Crippen MR) is 66.6 cm³/mol. The molecule has 1 rings (SSSR count). The first kappa shape index (κ1) is 12.7. The van der Waals surface area contributed by atoms with Crippen LogP contribution in [-0.2, 0) is 6.54 Å². The summed E-state index contributed by atoms with van der Waals surface area (Å²) in [4.78, 5) is 0. The minimum Gasteiger partial charge on any atom is -0.322 e. The minimum absolute atomic E-state index is 0.0680. The van der Waals surface area contributed by atoms with Crippen molar-refractivity contribution in [2.75, 3.05) is 0 Å². The lowest BCUT2D eigenvalue weighted by atomic mass is 9.97. The smallest absolute Gasteiger partial charge is 0.0696 e. The second kappa shape index (κ2) is 5.66. The van der Waals surface area contributed by atoms with Gasteiger partial charge in [-0.25, -0.2) is 0 Å². The Balaban J connectivity index is 2.94. The number of halogens is 1. The van der Waals surface area contributed by atoms with Crippen LogP contribution in [0.5, 0.6) is 0 Å². The van der Waals surface area contributed by atoms with Gasteiger partial charge in [0.15, 0.2) is 0 Å². The van der Waals surface area contributed by atoms with E-state index >= 15 is 0 Å². The molecule has 86 valence electrons. The van der Waals surface area contributed by atoms with E-state index in [-0.39, 0.29) is 6.04 Å². The lowest BCUT2D eigenvalue weighted by molar-refractivity contribution is 0.419. The molecule has 2 atom stereocenters. The first-order valence-electron chi connectivity index (χ1n) is 5.58. The fourth-order valence-corrected chi connectivity index (χ4v) is 2.18. The Labute approximate surface area is 100 Å². The average molecular weight is 274 g/mol. The largest absolute Gasteiger partial charge is 0.322 e. The lowest BCUT2D eigenvalue weighted by Crippen LogP contribution is -2.23. The maximum absolute atomic E-state index is 6.23. The SMILES string of the molecule is CCCn1ncc(Br)c1C(N)C(C)CC. The van der Waals surface area contributed by atoms with Gasteiger partial charge in [-0.2, -0.15) is 5.10 Å². The average Bonchev–Trinajstić information content (AvgIpc) is 2.58. The summed E-state index contributed by atoms with van der Waals surface area (Å²) in [5, 5.41) is 4.33. The van der Waals surface area contributed by atoms with Crippen molar-refractivity contribution in [3.63, 3.8) is 0 Å². The molecule has 0 fully saturated rings. The van der Waals surface area contributed by atoms with Crippen LogP contribution in [0.25, 0.3) is 0 Å². The summed E-state index contributed by atoms with van der Waals surface area (Å²) in [6, 6.07) is 0.0680. The summed E-state index contributed by atoms with van der Waals surface area (Å²) < 4.78 is 3.05. The van der Waals surface area contributed by atoms with Crippen molar-refractivity contribution < 1.29 is 0 Å². The van der Waals surface area contributed by atoms with Gasteiger partial charge in [-0.3, -0.25) is 4.68 Å². The summed E-state index contributed by atoms with van der Waals surface area (Å²) >= 11 is 3.52. The highest BCUT2D eigenvalue weighted by atomic mass is 79.9. The van der Waals surface area contributed by atoms with Crippen LogP contribution in [0, 0.1) is 5.92 Å². The zero-order chi connectivity index (χ0) is 11.4. The van der Waals surface area contributed by atoms with Crippen molar-refractivity contribution in [2.24, 2.45) is 11.7 Å². The topological polar surface area (TPSA) is 43.8 Å². The minimum atomic E-state index is 0.0680. The van der Waals surface area contributed by atoms with E-state index in [0.717, 1.165) is 29.6 Å². The second-order valence-electron chi connectivity index (χ2n) is 4.01. The van der Waals surface area contributed by atoms with Gasteiger partial charge < -0.3 is 5.73 Å². The molecular formula is C11H20BrN3. The second-order valence-corrected chi connectivity index (χ2v) is 4.87. The van der Waals surface area contributed by atoms with Gasteiger partial charge in [0.05, 0.1) is 22.4 Å². The van der Waals surface area contributed by atoms with Crippen molar-refractivity contribution in [1.29, 1.82) is 0 Å². The maximum atomic E-state index is 6.23. The molecule has 0 aromatic carbocycles. The van der Waals surface area contributed by atoms with Crippen LogP contribution in [0.1, 0.15) is 45.3 Å². The highest BCUT2D eigenvalue weighted by molar-refractivity contribution is 9.10. The van der Waals surface area contributed by atoms with Crippen LogP contribution >= 0.6 is 15.9 Å². The molecule has 1 heterocycles. The molecule has 2 N–H and O–H groups in total. The fourth-order valence-electron chi connectivity index (χ4n) is 1.62. The molecule has 15 heavy (non-hydrogen) atoms. The Morgan fingerprint density at radius 2 is 2.20 bits per heavy atom. The van der Waals surface area contributed by atoms with E-state index in [1.807, 2.05) is 10.9 Å². The number of nitrogens with zero attached hydrogens (tertiary/aromatic N) is 2. The van der Waals surface area contributed by atoms with Crippen molar-refractivity contribution in [1.82, 2.24) is 9.78 Å². The monoisotopic (exact) mass is 273 g/mol. The van der Waals surface area contributed by atoms with Crippen molar-refractivity contribution in [3.05, 3.63) is 16.4 Å². The number of aryl methyl sites for hydroxylation is 1. The highest BCUT2D eigenvalue weighted by Gasteiger charge is 2.20. The van der Waals surface area contributed by atoms with Gasteiger partial charge in [0.25, 0.3) is 0 Å². The van der Waals surface area contributed by atoms with Gasteiger partial charge >= 0.3 is 0 Å². The third-order valence-electron chi connectivity index (χ3n) is 2.84. The molecule has 0 spiro atoms. The van der Waals surface area contributed by atoms with E-state index in [4.69, 9.17) is 5.73 Å². The number of nitrogens with two attached hydrogens (primary N) is 1. The van der Waals surface area contributed by atoms with E-state index in [2.05, 4.69) is 41.8 Å². The van der Waals surface area contributed by atoms with Gasteiger partial charge in [-0.05, 0) is 28.3 Å². The molecular weight excluding hydrogens is 254 g/mol. The molecule has 3 nitrogen and oxygen atoms in total. The van der Waals surface area contributed by atoms with Gasteiger partial charge in [-0.1, -0.05) is 27.2 Å². The zero-order valence-electron chi connectivity index (χ0n) is 9.70. The molecule has 2 unspecified atom stereocenters. The molecule has 0 amide bonds. The Morgan fingerprint density at radius 1 is 1.53 bits per heavy atom. The number of rotatable bonds is 5. The standard InChI is InChI=1S/C11H20BrN3/c1-4-6-15-11(9(12)7-14-15)10(13)8(3)5-2/h7-8,10H,4-6,13H2,1-3H3. The third kappa shape index (κ3) is 2.82. The zero-order valence-corrected chi connectivity index (χ0v) is 11.3. The van der Waals surface area contributed by atoms with Crippen molar-refractivity contribution >= 4 is 15.9 Å². The molecule has 0 saturated carbocycles. The van der Waals surface area contributed by atoms with Crippen LogP contribution in [0.15, 0.2) is 10.7 Å². The number of hydrogen-bond acceptors (Lipinski definition) is 2. The quantitative estimate of drug-likeness (QED) is 0.896. The van der Waals surface area contributed by atoms with E-state index < -0.39 is 0 Å². The molecule has 0 aliphatic heterocycles. The Bertz CT molecular complexity index is 309. The molecule has 1 aromatic rings. The Morgan fingerprint density at radius 3 is 2.73 bits per heavy atom. The maximum Gasteiger partial charge on any atom is 0.0696 e. The molecule has 1 aromatic heterocycles. The molecule has 0 radical (unpaired) electrons. The number of aromatic nitrogens is 2. The van der Waals surface area contributed by atoms with E-state index in [0.29, 0.717) is 5.92 Å². The Hall–Kier alpha value is -0.350. The Kier molecular flexibility index (Phi) is 4.80. The summed E-state index contributed by atoms with van der Waals surface area (Å²) in [6.07, 6.45) is 4.01. The van der Waals surface area contributed by atoms with Crippen LogP contribution in [0.3, 0.4) is 0 Å². The fraction of sp³-hybridized carbons (Fsp3) is 0.727. The molecule has 0 aliphatic carbocycles. The summed E-state index contributed by atoms with van der Waals surface area (Å²) in [5.74, 6) is 0.480. The normalized spacial score (nSPS) is 15.3. The van der Waals surface area contributed by atoms with Crippen molar-refractivity contribution in [2.45, 2.75) is 46.2 Å².